The quantitative estimate of drug-likeness (QED) is 0.681. The molecule has 2 aliphatic rings. The second-order valence-corrected chi connectivity index (χ2v) is 3.87. The lowest BCUT2D eigenvalue weighted by Gasteiger charge is -2.45. The monoisotopic (exact) mass is 212 g/mol. The molecule has 5 nitrogen and oxygen atoms in total. The minimum Gasteiger partial charge on any atom is -0.461 e. The lowest BCUT2D eigenvalue weighted by atomic mass is 9.65. The zero-order valence-electron chi connectivity index (χ0n) is 8.60. The highest BCUT2D eigenvalue weighted by molar-refractivity contribution is 6.36. The number of nitrogens with zero attached hydrogens (tertiary/aromatic N) is 1. The first-order valence-corrected chi connectivity index (χ1v) is 5.10. The van der Waals surface area contributed by atoms with Gasteiger partial charge in [-0.05, 0) is 26.2 Å². The maximum Gasteiger partial charge on any atom is 0.356 e. The van der Waals surface area contributed by atoms with E-state index in [0.29, 0.717) is 13.0 Å². The second-order valence-electron chi connectivity index (χ2n) is 3.87. The van der Waals surface area contributed by atoms with Crippen LogP contribution < -0.4 is 0 Å². The van der Waals surface area contributed by atoms with Crippen molar-refractivity contribution in [2.75, 3.05) is 6.61 Å². The average molecular weight is 212 g/mol. The summed E-state index contributed by atoms with van der Waals surface area (Å²) in [6.45, 7) is 2.05. The smallest absolute Gasteiger partial charge is 0.356 e. The van der Waals surface area contributed by atoms with Gasteiger partial charge in [0.2, 0.25) is 6.29 Å². The third-order valence-electron chi connectivity index (χ3n) is 2.92. The summed E-state index contributed by atoms with van der Waals surface area (Å²) in [5.41, 5.74) is -0.151. The molecular weight excluding hydrogens is 198 g/mol. The number of aliphatic hydroxyl groups excluding tert-OH is 1. The van der Waals surface area contributed by atoms with Crippen LogP contribution in [0.15, 0.2) is 5.16 Å². The van der Waals surface area contributed by atoms with Gasteiger partial charge in [0.25, 0.3) is 0 Å². The van der Waals surface area contributed by atoms with E-state index in [1.165, 1.54) is 0 Å². The Morgan fingerprint density at radius 3 is 3.13 bits per heavy atom. The molecule has 0 saturated heterocycles. The largest absolute Gasteiger partial charge is 0.461 e. The van der Waals surface area contributed by atoms with Crippen molar-refractivity contribution in [3.8, 4) is 0 Å². The predicted octanol–water partition coefficient (Wildman–Crippen LogP) is 0.629. The van der Waals surface area contributed by atoms with E-state index in [2.05, 4.69) is 5.16 Å². The molecule has 0 amide bonds. The van der Waals surface area contributed by atoms with E-state index in [1.807, 2.05) is 6.42 Å². The van der Waals surface area contributed by atoms with Crippen LogP contribution in [-0.4, -0.2) is 29.7 Å². The first kappa shape index (κ1) is 10.4. The second kappa shape index (κ2) is 3.81. The van der Waals surface area contributed by atoms with Crippen LogP contribution in [0.3, 0.4) is 0 Å². The standard InChI is InChI=1S/C10H14NO4/c1-2-14-8(12)7-6-10(4-3-5-10)9(13)15-11-7/h4,9,13H,2-3,5-6H2,1H3. The summed E-state index contributed by atoms with van der Waals surface area (Å²) >= 11 is 0. The van der Waals surface area contributed by atoms with Crippen molar-refractivity contribution in [3.63, 3.8) is 0 Å². The van der Waals surface area contributed by atoms with Gasteiger partial charge in [-0.1, -0.05) is 5.16 Å². The molecule has 0 bridgehead atoms. The van der Waals surface area contributed by atoms with Crippen LogP contribution >= 0.6 is 0 Å². The molecule has 0 aromatic rings. The van der Waals surface area contributed by atoms with Gasteiger partial charge in [0.1, 0.15) is 0 Å². The Morgan fingerprint density at radius 2 is 2.60 bits per heavy atom. The first-order chi connectivity index (χ1) is 7.18. The third kappa shape index (κ3) is 1.71. The van der Waals surface area contributed by atoms with E-state index in [1.54, 1.807) is 6.92 Å². The Labute approximate surface area is 88.0 Å². The number of oxime groups is 1. The summed E-state index contributed by atoms with van der Waals surface area (Å²) in [4.78, 5) is 16.2. The van der Waals surface area contributed by atoms with Crippen LogP contribution in [0.4, 0.5) is 0 Å². The number of rotatable bonds is 2. The molecule has 0 aromatic carbocycles. The maximum absolute atomic E-state index is 11.4. The number of esters is 1. The molecule has 2 rings (SSSR count). The molecule has 0 aromatic heterocycles. The number of carbonyl (C=O) groups is 1. The van der Waals surface area contributed by atoms with Crippen LogP contribution in [0.2, 0.25) is 0 Å². The van der Waals surface area contributed by atoms with E-state index >= 15 is 0 Å². The number of hydrogen-bond acceptors (Lipinski definition) is 5. The van der Waals surface area contributed by atoms with Gasteiger partial charge in [0.15, 0.2) is 5.71 Å². The van der Waals surface area contributed by atoms with Crippen LogP contribution in [0.5, 0.6) is 0 Å². The molecule has 1 fully saturated rings. The van der Waals surface area contributed by atoms with Gasteiger partial charge in [0, 0.05) is 11.8 Å². The van der Waals surface area contributed by atoms with Crippen LogP contribution in [0, 0.1) is 11.8 Å². The number of carbonyl (C=O) groups excluding carboxylic acids is 1. The highest BCUT2D eigenvalue weighted by Gasteiger charge is 2.50. The molecule has 1 N–H and O–H groups in total. The third-order valence-corrected chi connectivity index (χ3v) is 2.92. The van der Waals surface area contributed by atoms with Crippen molar-refractivity contribution in [1.29, 1.82) is 0 Å². The Kier molecular flexibility index (Phi) is 2.65. The molecule has 1 aliphatic heterocycles. The highest BCUT2D eigenvalue weighted by atomic mass is 16.7. The minimum absolute atomic E-state index is 0.262. The van der Waals surface area contributed by atoms with Crippen molar-refractivity contribution in [3.05, 3.63) is 6.42 Å². The van der Waals surface area contributed by atoms with Crippen molar-refractivity contribution >= 4 is 11.7 Å². The van der Waals surface area contributed by atoms with Crippen LogP contribution in [0.1, 0.15) is 26.2 Å². The van der Waals surface area contributed by atoms with E-state index in [0.717, 1.165) is 12.8 Å². The zero-order chi connectivity index (χ0) is 10.9. The first-order valence-electron chi connectivity index (χ1n) is 5.10. The summed E-state index contributed by atoms with van der Waals surface area (Å²) < 4.78 is 4.83. The highest BCUT2D eigenvalue weighted by Crippen LogP contribution is 2.48. The fraction of sp³-hybridized carbons (Fsp3) is 0.700. The maximum atomic E-state index is 11.4. The molecule has 1 heterocycles. The van der Waals surface area contributed by atoms with Gasteiger partial charge < -0.3 is 14.7 Å². The van der Waals surface area contributed by atoms with Crippen molar-refractivity contribution in [2.45, 2.75) is 32.5 Å². The summed E-state index contributed by atoms with van der Waals surface area (Å²) in [5, 5.41) is 13.2. The van der Waals surface area contributed by atoms with E-state index in [4.69, 9.17) is 9.57 Å². The van der Waals surface area contributed by atoms with Crippen LogP contribution in [0.25, 0.3) is 0 Å². The Bertz CT molecular complexity index is 296. The lowest BCUT2D eigenvalue weighted by molar-refractivity contribution is -0.189. The number of hydrogen-bond donors (Lipinski definition) is 1. The Morgan fingerprint density at radius 1 is 1.87 bits per heavy atom. The molecule has 15 heavy (non-hydrogen) atoms. The fourth-order valence-corrected chi connectivity index (χ4v) is 1.87. The predicted molar refractivity (Wildman–Crippen MR) is 51.7 cm³/mol. The molecule has 1 aliphatic carbocycles. The van der Waals surface area contributed by atoms with Crippen LogP contribution in [-0.2, 0) is 14.4 Å². The molecule has 83 valence electrons. The SMILES string of the molecule is CCOC(=O)C1=NOC(O)C2([CH]CC2)C1. The summed E-state index contributed by atoms with van der Waals surface area (Å²) in [6, 6.07) is 0. The number of ether oxygens (including phenoxy) is 1. The molecule has 1 saturated carbocycles. The molecular formula is C10H14NO4. The minimum atomic E-state index is -0.926. The molecule has 2 unspecified atom stereocenters. The summed E-state index contributed by atoms with van der Waals surface area (Å²) in [5.74, 6) is -0.455. The fourth-order valence-electron chi connectivity index (χ4n) is 1.87. The van der Waals surface area contributed by atoms with Crippen molar-refractivity contribution in [2.24, 2.45) is 10.6 Å². The van der Waals surface area contributed by atoms with E-state index < -0.39 is 17.7 Å². The summed E-state index contributed by atoms with van der Waals surface area (Å²) in [7, 11) is 0. The van der Waals surface area contributed by atoms with Gasteiger partial charge in [-0.2, -0.15) is 0 Å². The van der Waals surface area contributed by atoms with Gasteiger partial charge in [-0.3, -0.25) is 0 Å². The van der Waals surface area contributed by atoms with E-state index in [9.17, 15) is 9.90 Å². The topological polar surface area (TPSA) is 68.1 Å². The van der Waals surface area contributed by atoms with Gasteiger partial charge >= 0.3 is 5.97 Å². The Hall–Kier alpha value is -1.10. The summed E-state index contributed by atoms with van der Waals surface area (Å²) in [6.07, 6.45) is 3.23. The van der Waals surface area contributed by atoms with Gasteiger partial charge in [-0.15, -0.1) is 0 Å². The van der Waals surface area contributed by atoms with E-state index in [-0.39, 0.29) is 5.71 Å². The molecule has 2 atom stereocenters. The lowest BCUT2D eigenvalue weighted by Crippen LogP contribution is -2.48. The molecule has 5 heteroatoms. The Balaban J connectivity index is 2.06. The molecule has 1 spiro atoms. The van der Waals surface area contributed by atoms with Gasteiger partial charge in [-0.25, -0.2) is 4.79 Å². The van der Waals surface area contributed by atoms with Crippen molar-refractivity contribution in [1.82, 2.24) is 0 Å². The van der Waals surface area contributed by atoms with Gasteiger partial charge in [0.05, 0.1) is 6.61 Å². The van der Waals surface area contributed by atoms with Crippen molar-refractivity contribution < 1.29 is 19.5 Å². The zero-order valence-corrected chi connectivity index (χ0v) is 8.60. The normalized spacial score (nSPS) is 27.6. The molecule has 1 radical (unpaired) electrons. The average Bonchev–Trinajstić information content (AvgIpc) is 2.16. The number of aliphatic hydroxyl groups is 1.